The Balaban J connectivity index is 1.49. The molecule has 7 nitrogen and oxygen atoms in total. The number of aryl methyl sites for hydroxylation is 2. The normalized spacial score (nSPS) is 12.0. The molecular weight excluding hydrogens is 416 g/mol. The van der Waals surface area contributed by atoms with Gasteiger partial charge in [-0.25, -0.2) is 4.98 Å². The fourth-order valence-corrected chi connectivity index (χ4v) is 4.00. The van der Waals surface area contributed by atoms with E-state index >= 15 is 0 Å². The van der Waals surface area contributed by atoms with Crippen LogP contribution in [0.3, 0.4) is 0 Å². The van der Waals surface area contributed by atoms with Crippen molar-refractivity contribution >= 4 is 22.9 Å². The van der Waals surface area contributed by atoms with Gasteiger partial charge in [-0.2, -0.15) is 0 Å². The minimum Gasteiger partial charge on any atom is -0.441 e. The molecule has 0 saturated carbocycles. The van der Waals surface area contributed by atoms with Gasteiger partial charge in [0.2, 0.25) is 0 Å². The van der Waals surface area contributed by atoms with Gasteiger partial charge in [0.25, 0.3) is 11.8 Å². The van der Waals surface area contributed by atoms with Crippen molar-refractivity contribution < 1.29 is 14.0 Å². The zero-order valence-corrected chi connectivity index (χ0v) is 19.1. The quantitative estimate of drug-likeness (QED) is 0.446. The van der Waals surface area contributed by atoms with Crippen LogP contribution in [0.5, 0.6) is 0 Å². The van der Waals surface area contributed by atoms with Crippen molar-refractivity contribution in [1.29, 1.82) is 0 Å². The second-order valence-corrected chi connectivity index (χ2v) is 8.22. The zero-order chi connectivity index (χ0) is 23.4. The molecule has 33 heavy (non-hydrogen) atoms. The molecule has 1 atom stereocenters. The summed E-state index contributed by atoms with van der Waals surface area (Å²) in [5.41, 5.74) is 3.63. The molecule has 0 fully saturated rings. The Bertz CT molecular complexity index is 1260. The number of benzene rings is 2. The van der Waals surface area contributed by atoms with E-state index in [4.69, 9.17) is 4.42 Å². The van der Waals surface area contributed by atoms with Crippen molar-refractivity contribution in [2.24, 2.45) is 7.05 Å². The van der Waals surface area contributed by atoms with Gasteiger partial charge in [-0.05, 0) is 48.7 Å². The molecule has 170 valence electrons. The van der Waals surface area contributed by atoms with Gasteiger partial charge in [0.1, 0.15) is 11.2 Å². The molecule has 4 aromatic rings. The molecule has 4 rings (SSSR count). The highest BCUT2D eigenvalue weighted by atomic mass is 16.3. The molecule has 1 unspecified atom stereocenters. The number of rotatable bonds is 8. The number of hydrogen-bond donors (Lipinski definition) is 1. The van der Waals surface area contributed by atoms with E-state index in [1.807, 2.05) is 44.6 Å². The van der Waals surface area contributed by atoms with Gasteiger partial charge in [-0.1, -0.05) is 30.3 Å². The van der Waals surface area contributed by atoms with Crippen molar-refractivity contribution in [2.45, 2.75) is 25.8 Å². The molecule has 0 radical (unpaired) electrons. The van der Waals surface area contributed by atoms with Crippen LogP contribution in [-0.2, 0) is 13.5 Å². The molecular formula is C26H28N4O3. The topological polar surface area (TPSA) is 80.4 Å². The molecule has 0 aliphatic heterocycles. The highest BCUT2D eigenvalue weighted by molar-refractivity contribution is 5.97. The molecule has 1 N–H and O–H groups in total. The zero-order valence-electron chi connectivity index (χ0n) is 19.1. The van der Waals surface area contributed by atoms with Crippen LogP contribution in [0.1, 0.15) is 38.7 Å². The first kappa shape index (κ1) is 22.3. The van der Waals surface area contributed by atoms with Gasteiger partial charge in [-0.15, -0.1) is 0 Å². The summed E-state index contributed by atoms with van der Waals surface area (Å²) < 4.78 is 7.31. The molecule has 0 spiro atoms. The van der Waals surface area contributed by atoms with E-state index in [1.54, 1.807) is 40.7 Å². The van der Waals surface area contributed by atoms with E-state index < -0.39 is 0 Å². The van der Waals surface area contributed by atoms with E-state index in [9.17, 15) is 9.59 Å². The third-order valence-corrected chi connectivity index (χ3v) is 5.86. The minimum absolute atomic E-state index is 0.0905. The predicted molar refractivity (Wildman–Crippen MR) is 127 cm³/mol. The van der Waals surface area contributed by atoms with Crippen LogP contribution in [0.25, 0.3) is 11.1 Å². The summed E-state index contributed by atoms with van der Waals surface area (Å²) in [6.45, 7) is 2.24. The van der Waals surface area contributed by atoms with E-state index in [1.165, 1.54) is 0 Å². The smallest absolute Gasteiger partial charge is 0.267 e. The van der Waals surface area contributed by atoms with Gasteiger partial charge in [0.05, 0.1) is 0 Å². The second kappa shape index (κ2) is 9.73. The van der Waals surface area contributed by atoms with Crippen LogP contribution >= 0.6 is 0 Å². The first-order valence-corrected chi connectivity index (χ1v) is 11.0. The Kier molecular flexibility index (Phi) is 6.58. The van der Waals surface area contributed by atoms with Crippen LogP contribution in [-0.4, -0.2) is 45.9 Å². The van der Waals surface area contributed by atoms with Crippen LogP contribution in [0.2, 0.25) is 0 Å². The van der Waals surface area contributed by atoms with Crippen molar-refractivity contribution in [2.75, 3.05) is 13.6 Å². The highest BCUT2D eigenvalue weighted by Crippen LogP contribution is 2.20. The third kappa shape index (κ3) is 5.14. The molecule has 0 saturated heterocycles. The summed E-state index contributed by atoms with van der Waals surface area (Å²) in [5.74, 6) is 0.355. The van der Waals surface area contributed by atoms with Crippen molar-refractivity contribution in [3.8, 4) is 0 Å². The monoisotopic (exact) mass is 444 g/mol. The summed E-state index contributed by atoms with van der Waals surface area (Å²) in [7, 11) is 3.65. The average molecular weight is 445 g/mol. The van der Waals surface area contributed by atoms with Gasteiger partial charge in [0, 0.05) is 45.4 Å². The average Bonchev–Trinajstić information content (AvgIpc) is 3.41. The molecule has 2 aromatic carbocycles. The molecule has 2 amide bonds. The van der Waals surface area contributed by atoms with Gasteiger partial charge in [0.15, 0.2) is 11.5 Å². The largest absolute Gasteiger partial charge is 0.441 e. The number of nitrogens with one attached hydrogen (secondary N) is 1. The van der Waals surface area contributed by atoms with Crippen LogP contribution in [0.15, 0.2) is 71.3 Å². The SMILES string of the molecule is Cc1nc2cc(C(=O)N(C)C(CCNC(=O)c3cccn3C)Cc3ccccc3)ccc2o1. The van der Waals surface area contributed by atoms with Gasteiger partial charge in [-0.3, -0.25) is 9.59 Å². The number of carbonyl (C=O) groups is 2. The number of oxazole rings is 1. The van der Waals surface area contributed by atoms with Crippen LogP contribution < -0.4 is 5.32 Å². The Morgan fingerprint density at radius 2 is 1.91 bits per heavy atom. The van der Waals surface area contributed by atoms with Gasteiger partial charge >= 0.3 is 0 Å². The maximum Gasteiger partial charge on any atom is 0.267 e. The predicted octanol–water partition coefficient (Wildman–Crippen LogP) is 3.98. The number of hydrogen-bond acceptors (Lipinski definition) is 4. The summed E-state index contributed by atoms with van der Waals surface area (Å²) in [6.07, 6.45) is 3.15. The van der Waals surface area contributed by atoms with E-state index in [-0.39, 0.29) is 17.9 Å². The second-order valence-electron chi connectivity index (χ2n) is 8.22. The molecule has 7 heteroatoms. The lowest BCUT2D eigenvalue weighted by atomic mass is 10.0. The Morgan fingerprint density at radius 3 is 2.64 bits per heavy atom. The highest BCUT2D eigenvalue weighted by Gasteiger charge is 2.23. The maximum atomic E-state index is 13.3. The number of carbonyl (C=O) groups excluding carboxylic acids is 2. The lowest BCUT2D eigenvalue weighted by molar-refractivity contribution is 0.0723. The molecule has 0 aliphatic rings. The molecule has 2 aromatic heterocycles. The Morgan fingerprint density at radius 1 is 1.12 bits per heavy atom. The first-order chi connectivity index (χ1) is 15.9. The Hall–Kier alpha value is -3.87. The van der Waals surface area contributed by atoms with E-state index in [0.717, 1.165) is 5.56 Å². The van der Waals surface area contributed by atoms with Crippen LogP contribution in [0, 0.1) is 6.92 Å². The van der Waals surface area contributed by atoms with Crippen LogP contribution in [0.4, 0.5) is 0 Å². The first-order valence-electron chi connectivity index (χ1n) is 11.0. The summed E-state index contributed by atoms with van der Waals surface area (Å²) in [4.78, 5) is 31.9. The molecule has 2 heterocycles. The van der Waals surface area contributed by atoms with Gasteiger partial charge < -0.3 is 19.2 Å². The fourth-order valence-electron chi connectivity index (χ4n) is 4.00. The van der Waals surface area contributed by atoms with E-state index in [0.29, 0.717) is 47.6 Å². The number of aromatic nitrogens is 2. The summed E-state index contributed by atoms with van der Waals surface area (Å²) >= 11 is 0. The number of nitrogens with zero attached hydrogens (tertiary/aromatic N) is 3. The molecule has 0 bridgehead atoms. The van der Waals surface area contributed by atoms with Crippen molar-refractivity contribution in [3.05, 3.63) is 89.6 Å². The molecule has 0 aliphatic carbocycles. The van der Waals surface area contributed by atoms with E-state index in [2.05, 4.69) is 22.4 Å². The number of amides is 2. The standard InChI is InChI=1S/C26H28N4O3/c1-18-28-22-17-20(11-12-24(22)33-18)26(32)30(3)21(16-19-8-5-4-6-9-19)13-14-27-25(31)23-10-7-15-29(23)2/h4-12,15,17,21H,13-14,16H2,1-3H3,(H,27,31). The minimum atomic E-state index is -0.123. The lowest BCUT2D eigenvalue weighted by Gasteiger charge is -2.29. The lowest BCUT2D eigenvalue weighted by Crippen LogP contribution is -2.41. The summed E-state index contributed by atoms with van der Waals surface area (Å²) in [6, 6.07) is 18.9. The maximum absolute atomic E-state index is 13.3. The summed E-state index contributed by atoms with van der Waals surface area (Å²) in [5, 5.41) is 2.98. The Labute approximate surface area is 193 Å². The number of likely N-dealkylation sites (N-methyl/N-ethyl adjacent to an activating group) is 1. The fraction of sp³-hybridized carbons (Fsp3) is 0.269. The van der Waals surface area contributed by atoms with Crippen molar-refractivity contribution in [3.63, 3.8) is 0 Å². The third-order valence-electron chi connectivity index (χ3n) is 5.86. The van der Waals surface area contributed by atoms with Crippen molar-refractivity contribution in [1.82, 2.24) is 19.8 Å². The number of fused-ring (bicyclic) bond motifs is 1.